The van der Waals surface area contributed by atoms with Crippen LogP contribution in [0.25, 0.3) is 10.6 Å². The summed E-state index contributed by atoms with van der Waals surface area (Å²) in [7, 11) is 0. The first-order valence-electron chi connectivity index (χ1n) is 9.27. The maximum absolute atomic E-state index is 12.5. The summed E-state index contributed by atoms with van der Waals surface area (Å²) in [5, 5.41) is 9.31. The van der Waals surface area contributed by atoms with Crippen molar-refractivity contribution in [2.45, 2.75) is 13.8 Å². The summed E-state index contributed by atoms with van der Waals surface area (Å²) >= 11 is 5.06. The number of hydrogen-bond acceptors (Lipinski definition) is 7. The fraction of sp³-hybridized carbons (Fsp3) is 0.0909. The molecule has 4 rings (SSSR count). The fourth-order valence-corrected chi connectivity index (χ4v) is 4.91. The van der Waals surface area contributed by atoms with E-state index in [4.69, 9.17) is 0 Å². The normalized spacial score (nSPS) is 10.7. The zero-order valence-electron chi connectivity index (χ0n) is 16.6. The maximum atomic E-state index is 12.5. The van der Waals surface area contributed by atoms with E-state index >= 15 is 0 Å². The molecule has 0 atom stereocenters. The Morgan fingerprint density at radius 3 is 2.52 bits per heavy atom. The summed E-state index contributed by atoms with van der Waals surface area (Å²) < 4.78 is 1.07. The van der Waals surface area contributed by atoms with Crippen molar-refractivity contribution in [1.29, 1.82) is 0 Å². The molecule has 2 aromatic carbocycles. The number of nitrogens with one attached hydrogen (secondary N) is 2. The second-order valence-electron chi connectivity index (χ2n) is 6.69. The van der Waals surface area contributed by atoms with Gasteiger partial charge in [-0.15, -0.1) is 11.3 Å². The first-order chi connectivity index (χ1) is 14.9. The smallest absolute Gasteiger partial charge is 0.257 e. The minimum atomic E-state index is -0.192. The molecule has 0 unspecified atom stereocenters. The molecule has 2 aromatic heterocycles. The van der Waals surface area contributed by atoms with E-state index < -0.39 is 0 Å². The number of Topliss-reactive ketones (excluding diaryl/α,β-unsaturated/α-hetero) is 1. The number of benzene rings is 2. The number of aromatic nitrogens is 2. The Morgan fingerprint density at radius 1 is 1.00 bits per heavy atom. The molecule has 0 spiro atoms. The van der Waals surface area contributed by atoms with Crippen molar-refractivity contribution in [3.05, 3.63) is 74.3 Å². The lowest BCUT2D eigenvalue weighted by Crippen LogP contribution is -2.11. The van der Waals surface area contributed by atoms with Gasteiger partial charge in [0.2, 0.25) is 0 Å². The topological polar surface area (TPSA) is 84.0 Å². The molecule has 6 nitrogen and oxygen atoms in total. The van der Waals surface area contributed by atoms with Crippen LogP contribution in [0.3, 0.4) is 0 Å². The maximum Gasteiger partial charge on any atom is 0.257 e. The van der Waals surface area contributed by atoms with Crippen LogP contribution >= 0.6 is 45.3 Å². The molecule has 0 aliphatic heterocycles. The summed E-state index contributed by atoms with van der Waals surface area (Å²) in [6, 6.07) is 14.7. The highest BCUT2D eigenvalue weighted by Gasteiger charge is 2.16. The molecule has 0 aliphatic carbocycles. The van der Waals surface area contributed by atoms with E-state index in [1.165, 1.54) is 22.7 Å². The van der Waals surface area contributed by atoms with Gasteiger partial charge in [-0.1, -0.05) is 23.5 Å². The SMILES string of the molecule is CC(=O)c1cccc(Nc2nc(-c3sc(NC(=O)c4ccc(I)cc4)nc3C)cs2)c1. The average Bonchev–Trinajstić information content (AvgIpc) is 3.34. The van der Waals surface area contributed by atoms with E-state index in [9.17, 15) is 9.59 Å². The number of aryl methyl sites for hydroxylation is 1. The van der Waals surface area contributed by atoms with Gasteiger partial charge in [-0.3, -0.25) is 14.9 Å². The van der Waals surface area contributed by atoms with Gasteiger partial charge in [0, 0.05) is 25.8 Å². The Hall–Kier alpha value is -2.63. The lowest BCUT2D eigenvalue weighted by molar-refractivity contribution is 0.101. The van der Waals surface area contributed by atoms with Gasteiger partial charge >= 0.3 is 0 Å². The largest absolute Gasteiger partial charge is 0.332 e. The van der Waals surface area contributed by atoms with Gasteiger partial charge in [0.1, 0.15) is 0 Å². The average molecular weight is 560 g/mol. The zero-order chi connectivity index (χ0) is 22.0. The van der Waals surface area contributed by atoms with E-state index in [1.54, 1.807) is 31.2 Å². The van der Waals surface area contributed by atoms with Crippen molar-refractivity contribution in [1.82, 2.24) is 9.97 Å². The quantitative estimate of drug-likeness (QED) is 0.211. The molecule has 2 heterocycles. The van der Waals surface area contributed by atoms with Crippen LogP contribution < -0.4 is 10.6 Å². The predicted molar refractivity (Wildman–Crippen MR) is 135 cm³/mol. The van der Waals surface area contributed by atoms with Crippen LogP contribution in [-0.4, -0.2) is 21.7 Å². The Bertz CT molecular complexity index is 1260. The monoisotopic (exact) mass is 560 g/mol. The molecule has 0 aliphatic rings. The van der Waals surface area contributed by atoms with Crippen molar-refractivity contribution in [2.24, 2.45) is 0 Å². The van der Waals surface area contributed by atoms with Crippen molar-refractivity contribution in [3.63, 3.8) is 0 Å². The molecule has 9 heteroatoms. The van der Waals surface area contributed by atoms with Crippen LogP contribution in [0.2, 0.25) is 0 Å². The Morgan fingerprint density at radius 2 is 1.77 bits per heavy atom. The molecule has 0 saturated heterocycles. The summed E-state index contributed by atoms with van der Waals surface area (Å²) in [5.74, 6) is -0.175. The minimum Gasteiger partial charge on any atom is -0.332 e. The number of nitrogens with zero attached hydrogens (tertiary/aromatic N) is 2. The lowest BCUT2D eigenvalue weighted by Gasteiger charge is -2.03. The fourth-order valence-electron chi connectivity index (χ4n) is 2.83. The van der Waals surface area contributed by atoms with Gasteiger partial charge in [-0.05, 0) is 72.8 Å². The van der Waals surface area contributed by atoms with Gasteiger partial charge < -0.3 is 5.32 Å². The predicted octanol–water partition coefficient (Wildman–Crippen LogP) is 6.38. The summed E-state index contributed by atoms with van der Waals surface area (Å²) in [6.45, 7) is 3.44. The molecule has 0 fully saturated rings. The van der Waals surface area contributed by atoms with E-state index in [1.807, 2.05) is 36.6 Å². The number of hydrogen-bond donors (Lipinski definition) is 2. The molecule has 0 saturated carbocycles. The number of anilines is 3. The van der Waals surface area contributed by atoms with E-state index in [2.05, 4.69) is 43.2 Å². The second-order valence-corrected chi connectivity index (χ2v) is 9.80. The number of halogens is 1. The van der Waals surface area contributed by atoms with Gasteiger partial charge in [0.15, 0.2) is 16.0 Å². The van der Waals surface area contributed by atoms with E-state index in [0.29, 0.717) is 21.4 Å². The molecule has 0 radical (unpaired) electrons. The molecule has 31 heavy (non-hydrogen) atoms. The van der Waals surface area contributed by atoms with Crippen LogP contribution in [0, 0.1) is 10.5 Å². The third-order valence-electron chi connectivity index (χ3n) is 4.38. The number of rotatable bonds is 6. The number of ketones is 1. The summed E-state index contributed by atoms with van der Waals surface area (Å²) in [5.41, 5.74) is 3.63. The van der Waals surface area contributed by atoms with Crippen LogP contribution in [0.4, 0.5) is 16.0 Å². The highest BCUT2D eigenvalue weighted by Crippen LogP contribution is 2.35. The van der Waals surface area contributed by atoms with Crippen molar-refractivity contribution in [3.8, 4) is 10.6 Å². The Labute approximate surface area is 200 Å². The molecule has 1 amide bonds. The van der Waals surface area contributed by atoms with Gasteiger partial charge in [-0.2, -0.15) is 0 Å². The number of carbonyl (C=O) groups excluding carboxylic acids is 2. The van der Waals surface area contributed by atoms with Gasteiger partial charge in [0.05, 0.1) is 16.3 Å². The Kier molecular flexibility index (Phi) is 6.44. The molecule has 2 N–H and O–H groups in total. The zero-order valence-corrected chi connectivity index (χ0v) is 20.4. The molecule has 4 aromatic rings. The lowest BCUT2D eigenvalue weighted by atomic mass is 10.1. The van der Waals surface area contributed by atoms with Crippen LogP contribution in [-0.2, 0) is 0 Å². The molecule has 156 valence electrons. The van der Waals surface area contributed by atoms with Crippen molar-refractivity contribution < 1.29 is 9.59 Å². The highest BCUT2D eigenvalue weighted by atomic mass is 127. The highest BCUT2D eigenvalue weighted by molar-refractivity contribution is 14.1. The van der Waals surface area contributed by atoms with E-state index in [-0.39, 0.29) is 11.7 Å². The number of carbonyl (C=O) groups is 2. The molecular weight excluding hydrogens is 543 g/mol. The minimum absolute atomic E-state index is 0.0172. The van der Waals surface area contributed by atoms with Gasteiger partial charge in [-0.25, -0.2) is 9.97 Å². The first-order valence-corrected chi connectivity index (χ1v) is 12.0. The summed E-state index contributed by atoms with van der Waals surface area (Å²) in [4.78, 5) is 34.1. The molecular formula is C22H17IN4O2S2. The standard InChI is InChI=1S/C22H17IN4O2S2/c1-12-19(31-22(24-12)27-20(29)14-6-8-16(23)9-7-14)18-11-30-21(26-18)25-17-5-3-4-15(10-17)13(2)28/h3-11H,1-2H3,(H,25,26)(H,24,27,29). The van der Waals surface area contributed by atoms with Crippen LogP contribution in [0.5, 0.6) is 0 Å². The van der Waals surface area contributed by atoms with Crippen molar-refractivity contribution in [2.75, 3.05) is 10.6 Å². The number of thiazole rings is 2. The Balaban J connectivity index is 1.49. The van der Waals surface area contributed by atoms with Crippen LogP contribution in [0.15, 0.2) is 53.9 Å². The summed E-state index contributed by atoms with van der Waals surface area (Å²) in [6.07, 6.45) is 0. The molecule has 0 bridgehead atoms. The van der Waals surface area contributed by atoms with E-state index in [0.717, 1.165) is 25.5 Å². The second kappa shape index (κ2) is 9.25. The number of amides is 1. The van der Waals surface area contributed by atoms with Crippen LogP contribution in [0.1, 0.15) is 33.3 Å². The van der Waals surface area contributed by atoms with Gasteiger partial charge in [0.25, 0.3) is 5.91 Å². The van der Waals surface area contributed by atoms with Crippen molar-refractivity contribution >= 4 is 72.9 Å². The first kappa shape index (κ1) is 21.6. The third kappa shape index (κ3) is 5.17. The third-order valence-corrected chi connectivity index (χ3v) is 6.95.